The molecule has 0 bridgehead atoms. The number of nitrogens with zero attached hydrogens (tertiary/aromatic N) is 3. The Bertz CT molecular complexity index is 1190. The fourth-order valence-corrected chi connectivity index (χ4v) is 2.53. The second-order valence-corrected chi connectivity index (χ2v) is 5.94. The summed E-state index contributed by atoms with van der Waals surface area (Å²) in [6.45, 7) is 1.92. The van der Waals surface area contributed by atoms with E-state index in [9.17, 15) is 23.6 Å². The second kappa shape index (κ2) is 7.82. The van der Waals surface area contributed by atoms with E-state index in [4.69, 9.17) is 0 Å². The number of nitrogens with one attached hydrogen (secondary N) is 2. The van der Waals surface area contributed by atoms with Crippen molar-refractivity contribution in [3.8, 4) is 5.69 Å². The molecule has 28 heavy (non-hydrogen) atoms. The van der Waals surface area contributed by atoms with Crippen LogP contribution in [0.3, 0.4) is 0 Å². The van der Waals surface area contributed by atoms with E-state index in [1.165, 1.54) is 29.1 Å². The standard InChI is InChI=1S/C18H16FN5O4/c1-11-8-15(25)23(10-22-11)7-6-20-16(26)14-9-21-18(28)24(17(14)27)13-4-2-12(19)3-5-13/h2-5,8-10H,6-7H2,1H3,(H,20,26)(H,21,28). The number of benzene rings is 1. The fraction of sp³-hybridized carbons (Fsp3) is 0.167. The van der Waals surface area contributed by atoms with Crippen LogP contribution in [0.2, 0.25) is 0 Å². The molecule has 1 amide bonds. The molecule has 3 rings (SSSR count). The SMILES string of the molecule is Cc1cc(=O)n(CCNC(=O)c2c[nH]c(=O)n(-c3ccc(F)cc3)c2=O)cn1. The number of hydrogen-bond donors (Lipinski definition) is 2. The van der Waals surface area contributed by atoms with Crippen molar-refractivity contribution in [2.24, 2.45) is 0 Å². The van der Waals surface area contributed by atoms with Crippen LogP contribution in [-0.4, -0.2) is 31.6 Å². The smallest absolute Gasteiger partial charge is 0.333 e. The molecule has 0 spiro atoms. The second-order valence-electron chi connectivity index (χ2n) is 5.94. The molecule has 0 saturated heterocycles. The topological polar surface area (TPSA) is 119 Å². The number of carbonyl (C=O) groups excluding carboxylic acids is 1. The van der Waals surface area contributed by atoms with Crippen molar-refractivity contribution in [2.75, 3.05) is 6.54 Å². The summed E-state index contributed by atoms with van der Waals surface area (Å²) in [4.78, 5) is 55.0. The molecule has 3 aromatic rings. The van der Waals surface area contributed by atoms with Crippen LogP contribution < -0.4 is 22.1 Å². The molecule has 0 saturated carbocycles. The first kappa shape index (κ1) is 19.0. The third-order valence-corrected chi connectivity index (χ3v) is 3.96. The zero-order chi connectivity index (χ0) is 20.3. The van der Waals surface area contributed by atoms with Crippen LogP contribution in [0.25, 0.3) is 5.69 Å². The Labute approximate surface area is 157 Å². The predicted molar refractivity (Wildman–Crippen MR) is 98.2 cm³/mol. The summed E-state index contributed by atoms with van der Waals surface area (Å²) in [6, 6.07) is 6.07. The molecule has 0 aliphatic carbocycles. The summed E-state index contributed by atoms with van der Waals surface area (Å²) in [7, 11) is 0. The molecule has 144 valence electrons. The van der Waals surface area contributed by atoms with Gasteiger partial charge in [0.15, 0.2) is 0 Å². The number of rotatable bonds is 5. The number of carbonyl (C=O) groups is 1. The third-order valence-electron chi connectivity index (χ3n) is 3.96. The lowest BCUT2D eigenvalue weighted by atomic mass is 10.2. The van der Waals surface area contributed by atoms with E-state index in [1.54, 1.807) is 6.92 Å². The first-order valence-electron chi connectivity index (χ1n) is 8.29. The lowest BCUT2D eigenvalue weighted by Gasteiger charge is -2.09. The average Bonchev–Trinajstić information content (AvgIpc) is 2.65. The highest BCUT2D eigenvalue weighted by atomic mass is 19.1. The van der Waals surface area contributed by atoms with Gasteiger partial charge in [-0.3, -0.25) is 19.0 Å². The van der Waals surface area contributed by atoms with Crippen molar-refractivity contribution in [1.82, 2.24) is 24.4 Å². The average molecular weight is 385 g/mol. The van der Waals surface area contributed by atoms with Gasteiger partial charge in [-0.25, -0.2) is 18.7 Å². The number of hydrogen-bond acceptors (Lipinski definition) is 5. The summed E-state index contributed by atoms with van der Waals surface area (Å²) in [5.41, 5.74) is -1.45. The Morgan fingerprint density at radius 3 is 2.61 bits per heavy atom. The number of H-pyrrole nitrogens is 1. The fourth-order valence-electron chi connectivity index (χ4n) is 2.53. The Morgan fingerprint density at radius 1 is 1.21 bits per heavy atom. The molecule has 0 atom stereocenters. The first-order valence-corrected chi connectivity index (χ1v) is 8.29. The normalized spacial score (nSPS) is 10.6. The van der Waals surface area contributed by atoms with Gasteiger partial charge in [0.25, 0.3) is 17.0 Å². The zero-order valence-corrected chi connectivity index (χ0v) is 14.8. The minimum atomic E-state index is -0.845. The maximum atomic E-state index is 13.1. The van der Waals surface area contributed by atoms with Crippen LogP contribution in [0.4, 0.5) is 4.39 Å². The molecule has 0 aliphatic heterocycles. The van der Waals surface area contributed by atoms with Gasteiger partial charge in [0.1, 0.15) is 11.4 Å². The van der Waals surface area contributed by atoms with Crippen molar-refractivity contribution in [2.45, 2.75) is 13.5 Å². The van der Waals surface area contributed by atoms with Gasteiger partial charge >= 0.3 is 5.69 Å². The van der Waals surface area contributed by atoms with E-state index < -0.39 is 23.0 Å². The molecule has 9 nitrogen and oxygen atoms in total. The summed E-state index contributed by atoms with van der Waals surface area (Å²) < 4.78 is 15.1. The van der Waals surface area contributed by atoms with Crippen molar-refractivity contribution in [3.05, 3.63) is 91.1 Å². The molecule has 0 radical (unpaired) electrons. The molecule has 0 aliphatic rings. The maximum absolute atomic E-state index is 13.1. The number of aryl methyl sites for hydroxylation is 1. The number of aromatic amines is 1. The number of amides is 1. The van der Waals surface area contributed by atoms with Gasteiger partial charge in [-0.2, -0.15) is 0 Å². The van der Waals surface area contributed by atoms with E-state index in [0.717, 1.165) is 22.9 Å². The van der Waals surface area contributed by atoms with Gasteiger partial charge < -0.3 is 10.3 Å². The highest BCUT2D eigenvalue weighted by Gasteiger charge is 2.15. The van der Waals surface area contributed by atoms with E-state index >= 15 is 0 Å². The largest absolute Gasteiger partial charge is 0.350 e. The highest BCUT2D eigenvalue weighted by Crippen LogP contribution is 2.04. The summed E-state index contributed by atoms with van der Waals surface area (Å²) in [5.74, 6) is -1.24. The summed E-state index contributed by atoms with van der Waals surface area (Å²) >= 11 is 0. The van der Waals surface area contributed by atoms with Crippen LogP contribution in [0, 0.1) is 12.7 Å². The molecule has 2 heterocycles. The van der Waals surface area contributed by atoms with Gasteiger partial charge in [0, 0.05) is 31.0 Å². The van der Waals surface area contributed by atoms with Gasteiger partial charge in [0.2, 0.25) is 0 Å². The third kappa shape index (κ3) is 3.95. The quantitative estimate of drug-likeness (QED) is 0.639. The van der Waals surface area contributed by atoms with Crippen LogP contribution in [0.15, 0.2) is 57.2 Å². The van der Waals surface area contributed by atoms with Gasteiger partial charge in [-0.1, -0.05) is 0 Å². The zero-order valence-electron chi connectivity index (χ0n) is 14.8. The molecule has 0 fully saturated rings. The minimum Gasteiger partial charge on any atom is -0.350 e. The Morgan fingerprint density at radius 2 is 1.93 bits per heavy atom. The minimum absolute atomic E-state index is 0.0681. The molecule has 10 heteroatoms. The molecule has 0 unspecified atom stereocenters. The Balaban J connectivity index is 1.79. The van der Waals surface area contributed by atoms with E-state index in [-0.39, 0.29) is 29.9 Å². The van der Waals surface area contributed by atoms with E-state index in [0.29, 0.717) is 5.69 Å². The molecular formula is C18H16FN5O4. The number of aromatic nitrogens is 4. The van der Waals surface area contributed by atoms with Crippen LogP contribution in [0.5, 0.6) is 0 Å². The van der Waals surface area contributed by atoms with E-state index in [1.807, 2.05) is 0 Å². The molecule has 2 aromatic heterocycles. The van der Waals surface area contributed by atoms with Crippen LogP contribution in [0.1, 0.15) is 16.1 Å². The predicted octanol–water partition coefficient (Wildman–Crippen LogP) is -0.0400. The molecule has 1 aromatic carbocycles. The van der Waals surface area contributed by atoms with Crippen molar-refractivity contribution >= 4 is 5.91 Å². The van der Waals surface area contributed by atoms with Gasteiger partial charge in [-0.05, 0) is 31.2 Å². The number of halogens is 1. The lowest BCUT2D eigenvalue weighted by molar-refractivity contribution is 0.0949. The van der Waals surface area contributed by atoms with Gasteiger partial charge in [0.05, 0.1) is 12.0 Å². The van der Waals surface area contributed by atoms with Crippen LogP contribution in [-0.2, 0) is 6.54 Å². The Hall–Kier alpha value is -3.82. The maximum Gasteiger partial charge on any atom is 0.333 e. The van der Waals surface area contributed by atoms with Crippen molar-refractivity contribution in [1.29, 1.82) is 0 Å². The van der Waals surface area contributed by atoms with Crippen molar-refractivity contribution in [3.63, 3.8) is 0 Å². The first-order chi connectivity index (χ1) is 13.4. The highest BCUT2D eigenvalue weighted by molar-refractivity contribution is 5.93. The lowest BCUT2D eigenvalue weighted by Crippen LogP contribution is -2.40. The molecular weight excluding hydrogens is 369 g/mol. The Kier molecular flexibility index (Phi) is 5.30. The van der Waals surface area contributed by atoms with E-state index in [2.05, 4.69) is 15.3 Å². The monoisotopic (exact) mass is 385 g/mol. The van der Waals surface area contributed by atoms with Crippen molar-refractivity contribution < 1.29 is 9.18 Å². The summed E-state index contributed by atoms with van der Waals surface area (Å²) in [5, 5.41) is 2.52. The van der Waals surface area contributed by atoms with Crippen LogP contribution >= 0.6 is 0 Å². The van der Waals surface area contributed by atoms with Gasteiger partial charge in [-0.15, -0.1) is 0 Å². The summed E-state index contributed by atoms with van der Waals surface area (Å²) in [6.07, 6.45) is 2.38. The molecule has 2 N–H and O–H groups in total.